The smallest absolute Gasteiger partial charge is 0.0999 e. The molecule has 0 unspecified atom stereocenters. The number of aromatic nitrogens is 2. The van der Waals surface area contributed by atoms with Crippen LogP contribution in [-0.4, -0.2) is 29.9 Å². The van der Waals surface area contributed by atoms with Crippen molar-refractivity contribution in [2.45, 2.75) is 0 Å². The first kappa shape index (κ1) is 11.6. The fourth-order valence-electron chi connectivity index (χ4n) is 2.47. The highest BCUT2D eigenvalue weighted by Gasteiger charge is 2.18. The first-order valence-electron chi connectivity index (χ1n) is 6.22. The molecule has 2 aromatic rings. The minimum atomic E-state index is 0.671. The molecule has 5 heteroatoms. The van der Waals surface area contributed by atoms with E-state index in [-0.39, 0.29) is 0 Å². The Morgan fingerprint density at radius 2 is 2.21 bits per heavy atom. The van der Waals surface area contributed by atoms with E-state index in [4.69, 9.17) is 0 Å². The van der Waals surface area contributed by atoms with Crippen LogP contribution in [0.2, 0.25) is 0 Å². The normalized spacial score (nSPS) is 13.6. The number of hydrogen-bond donors (Lipinski definition) is 1. The van der Waals surface area contributed by atoms with Crippen molar-refractivity contribution >= 4 is 11.4 Å². The summed E-state index contributed by atoms with van der Waals surface area (Å²) in [7, 11) is 3.96. The van der Waals surface area contributed by atoms with Crippen molar-refractivity contribution in [2.24, 2.45) is 7.05 Å². The molecule has 3 rings (SSSR count). The Balaban J connectivity index is 2.22. The van der Waals surface area contributed by atoms with Crippen LogP contribution in [-0.2, 0) is 7.05 Å². The van der Waals surface area contributed by atoms with E-state index < -0.39 is 0 Å². The van der Waals surface area contributed by atoms with E-state index in [1.54, 1.807) is 10.9 Å². The number of anilines is 2. The third kappa shape index (κ3) is 1.82. The number of hydrogen-bond acceptors (Lipinski definition) is 4. The predicted octanol–water partition coefficient (Wildman–Crippen LogP) is 1.82. The summed E-state index contributed by atoms with van der Waals surface area (Å²) in [5.41, 5.74) is 4.71. The van der Waals surface area contributed by atoms with Gasteiger partial charge in [0.25, 0.3) is 0 Å². The van der Waals surface area contributed by atoms with Gasteiger partial charge in [-0.05, 0) is 18.2 Å². The molecule has 0 atom stereocenters. The van der Waals surface area contributed by atoms with E-state index in [0.717, 1.165) is 35.7 Å². The lowest BCUT2D eigenvalue weighted by molar-refractivity contribution is 0.775. The van der Waals surface area contributed by atoms with Crippen LogP contribution in [0, 0.1) is 11.3 Å². The largest absolute Gasteiger partial charge is 0.382 e. The molecule has 0 bridgehead atoms. The Morgan fingerprint density at radius 1 is 1.37 bits per heavy atom. The van der Waals surface area contributed by atoms with Gasteiger partial charge in [-0.25, -0.2) is 0 Å². The fourth-order valence-corrected chi connectivity index (χ4v) is 2.47. The van der Waals surface area contributed by atoms with E-state index in [1.165, 1.54) is 0 Å². The van der Waals surface area contributed by atoms with Crippen LogP contribution in [0.3, 0.4) is 0 Å². The monoisotopic (exact) mass is 253 g/mol. The summed E-state index contributed by atoms with van der Waals surface area (Å²) >= 11 is 0. The first-order chi connectivity index (χ1) is 9.20. The summed E-state index contributed by atoms with van der Waals surface area (Å²) in [5.74, 6) is 0. The second-order valence-electron chi connectivity index (χ2n) is 4.72. The Kier molecular flexibility index (Phi) is 2.64. The average molecular weight is 253 g/mol. The molecule has 0 saturated carbocycles. The van der Waals surface area contributed by atoms with E-state index in [9.17, 15) is 5.26 Å². The molecule has 0 spiro atoms. The second-order valence-corrected chi connectivity index (χ2v) is 4.72. The van der Waals surface area contributed by atoms with Crippen molar-refractivity contribution in [1.29, 1.82) is 5.26 Å². The number of nitrogens with one attached hydrogen (secondary N) is 1. The van der Waals surface area contributed by atoms with E-state index in [1.807, 2.05) is 19.2 Å². The summed E-state index contributed by atoms with van der Waals surface area (Å²) in [6, 6.07) is 8.20. The Bertz CT molecular complexity index is 665. The fraction of sp³-hybridized carbons (Fsp3) is 0.286. The number of nitrogens with zero attached hydrogens (tertiary/aromatic N) is 4. The molecular weight excluding hydrogens is 238 g/mol. The Labute approximate surface area is 112 Å². The highest BCUT2D eigenvalue weighted by atomic mass is 15.3. The number of nitriles is 1. The first-order valence-corrected chi connectivity index (χ1v) is 6.22. The van der Waals surface area contributed by atoms with Gasteiger partial charge >= 0.3 is 0 Å². The molecule has 19 heavy (non-hydrogen) atoms. The molecular formula is C14H15N5. The van der Waals surface area contributed by atoms with Crippen LogP contribution in [0.4, 0.5) is 11.4 Å². The molecule has 1 N–H and O–H groups in total. The van der Waals surface area contributed by atoms with E-state index in [0.29, 0.717) is 5.56 Å². The van der Waals surface area contributed by atoms with Crippen LogP contribution in [0.25, 0.3) is 11.3 Å². The van der Waals surface area contributed by atoms with Crippen molar-refractivity contribution in [1.82, 2.24) is 9.78 Å². The van der Waals surface area contributed by atoms with Crippen molar-refractivity contribution < 1.29 is 0 Å². The van der Waals surface area contributed by atoms with Crippen LogP contribution in [0.1, 0.15) is 5.56 Å². The molecule has 1 aliphatic heterocycles. The van der Waals surface area contributed by atoms with Crippen LogP contribution in [0.5, 0.6) is 0 Å². The van der Waals surface area contributed by atoms with Crippen molar-refractivity contribution in [2.75, 3.05) is 30.4 Å². The standard InChI is InChI=1S/C14H15N5/c1-18-6-5-16-12-7-10(9-15)11(8-14(12)18)13-3-4-17-19(13)2/h3-4,7-8,16H,5-6H2,1-2H3. The molecule has 2 heterocycles. The van der Waals surface area contributed by atoms with Crippen LogP contribution in [0.15, 0.2) is 24.4 Å². The van der Waals surface area contributed by atoms with Gasteiger partial charge in [-0.3, -0.25) is 4.68 Å². The molecule has 1 aromatic carbocycles. The molecule has 0 saturated heterocycles. The third-order valence-corrected chi connectivity index (χ3v) is 3.53. The van der Waals surface area contributed by atoms with Gasteiger partial charge < -0.3 is 10.2 Å². The molecule has 0 fully saturated rings. The molecule has 1 aromatic heterocycles. The highest BCUT2D eigenvalue weighted by molar-refractivity contribution is 5.82. The predicted molar refractivity (Wildman–Crippen MR) is 75.1 cm³/mol. The zero-order valence-corrected chi connectivity index (χ0v) is 11.0. The van der Waals surface area contributed by atoms with Gasteiger partial charge in [0.1, 0.15) is 0 Å². The SMILES string of the molecule is CN1CCNc2cc(C#N)c(-c3ccnn3C)cc21. The van der Waals surface area contributed by atoms with Crippen molar-refractivity contribution in [3.63, 3.8) is 0 Å². The number of rotatable bonds is 1. The van der Waals surface area contributed by atoms with E-state index in [2.05, 4.69) is 34.5 Å². The number of fused-ring (bicyclic) bond motifs is 1. The molecule has 0 amide bonds. The van der Waals surface area contributed by atoms with Crippen LogP contribution < -0.4 is 10.2 Å². The molecule has 96 valence electrons. The Hall–Kier alpha value is -2.48. The highest BCUT2D eigenvalue weighted by Crippen LogP contribution is 2.35. The number of benzene rings is 1. The molecule has 0 radical (unpaired) electrons. The topological polar surface area (TPSA) is 56.9 Å². The lowest BCUT2D eigenvalue weighted by Gasteiger charge is -2.29. The maximum Gasteiger partial charge on any atom is 0.0999 e. The van der Waals surface area contributed by atoms with Crippen molar-refractivity contribution in [3.8, 4) is 17.3 Å². The zero-order valence-electron chi connectivity index (χ0n) is 11.0. The summed E-state index contributed by atoms with van der Waals surface area (Å²) in [6.45, 7) is 1.86. The molecule has 0 aliphatic carbocycles. The minimum Gasteiger partial charge on any atom is -0.382 e. The van der Waals surface area contributed by atoms with Gasteiger partial charge in [0.15, 0.2) is 0 Å². The lowest BCUT2D eigenvalue weighted by atomic mass is 10.0. The lowest BCUT2D eigenvalue weighted by Crippen LogP contribution is -2.30. The summed E-state index contributed by atoms with van der Waals surface area (Å²) in [4.78, 5) is 2.20. The van der Waals surface area contributed by atoms with Gasteiger partial charge in [-0.15, -0.1) is 0 Å². The molecule has 1 aliphatic rings. The van der Waals surface area contributed by atoms with Gasteiger partial charge in [-0.2, -0.15) is 10.4 Å². The van der Waals surface area contributed by atoms with Gasteiger partial charge in [-0.1, -0.05) is 0 Å². The van der Waals surface area contributed by atoms with Gasteiger partial charge in [0.05, 0.1) is 28.7 Å². The van der Waals surface area contributed by atoms with Crippen molar-refractivity contribution in [3.05, 3.63) is 30.0 Å². The minimum absolute atomic E-state index is 0.671. The summed E-state index contributed by atoms with van der Waals surface area (Å²) in [5, 5.41) is 16.9. The summed E-state index contributed by atoms with van der Waals surface area (Å²) in [6.07, 6.45) is 1.75. The maximum absolute atomic E-state index is 9.35. The zero-order chi connectivity index (χ0) is 13.4. The maximum atomic E-state index is 9.35. The summed E-state index contributed by atoms with van der Waals surface area (Å²) < 4.78 is 1.79. The molecule has 5 nitrogen and oxygen atoms in total. The quantitative estimate of drug-likeness (QED) is 0.842. The second kappa shape index (κ2) is 4.32. The number of aryl methyl sites for hydroxylation is 1. The van der Waals surface area contributed by atoms with Gasteiger partial charge in [0.2, 0.25) is 0 Å². The van der Waals surface area contributed by atoms with E-state index >= 15 is 0 Å². The number of likely N-dealkylation sites (N-methyl/N-ethyl adjacent to an activating group) is 1. The third-order valence-electron chi connectivity index (χ3n) is 3.53. The average Bonchev–Trinajstić information content (AvgIpc) is 2.84. The Morgan fingerprint density at radius 3 is 2.89 bits per heavy atom. The van der Waals surface area contributed by atoms with Gasteiger partial charge in [0, 0.05) is 38.9 Å². The van der Waals surface area contributed by atoms with Crippen LogP contribution >= 0.6 is 0 Å².